The lowest BCUT2D eigenvalue weighted by Crippen LogP contribution is -2.46. The van der Waals surface area contributed by atoms with Crippen LogP contribution in [0.5, 0.6) is 0 Å². The number of carbonyl (C=O) groups is 2. The molecule has 0 unspecified atom stereocenters. The molecule has 0 saturated heterocycles. The zero-order valence-corrected chi connectivity index (χ0v) is 13.5. The molecular weight excluding hydrogens is 282 g/mol. The maximum Gasteiger partial charge on any atom is 0.359 e. The van der Waals surface area contributed by atoms with E-state index in [0.29, 0.717) is 5.65 Å². The first kappa shape index (κ1) is 16.0. The Labute approximate surface area is 129 Å². The van der Waals surface area contributed by atoms with Gasteiger partial charge >= 0.3 is 5.97 Å². The number of pyridine rings is 1. The predicted molar refractivity (Wildman–Crippen MR) is 82.7 cm³/mol. The third kappa shape index (κ3) is 3.63. The minimum atomic E-state index is -0.877. The maximum absolute atomic E-state index is 12.1. The van der Waals surface area contributed by atoms with E-state index in [0.717, 1.165) is 5.69 Å². The number of carbonyl (C=O) groups excluding carboxylic acids is 2. The number of hydrogen-bond acceptors (Lipinski definition) is 4. The van der Waals surface area contributed by atoms with Crippen LogP contribution in [-0.4, -0.2) is 32.9 Å². The molecule has 0 bridgehead atoms. The van der Waals surface area contributed by atoms with E-state index in [2.05, 4.69) is 10.3 Å². The number of aromatic nitrogens is 2. The largest absolute Gasteiger partial charge is 0.448 e. The Bertz CT molecular complexity index is 713. The van der Waals surface area contributed by atoms with Gasteiger partial charge in [-0.3, -0.25) is 4.79 Å². The number of nitrogens with zero attached hydrogens (tertiary/aromatic N) is 2. The molecule has 2 heterocycles. The van der Waals surface area contributed by atoms with Gasteiger partial charge in [-0.25, -0.2) is 9.78 Å². The van der Waals surface area contributed by atoms with E-state index in [4.69, 9.17) is 4.74 Å². The van der Waals surface area contributed by atoms with Crippen molar-refractivity contribution in [1.82, 2.24) is 14.7 Å². The second-order valence-electron chi connectivity index (χ2n) is 6.31. The molecule has 0 radical (unpaired) electrons. The van der Waals surface area contributed by atoms with Crippen LogP contribution in [0.15, 0.2) is 24.4 Å². The van der Waals surface area contributed by atoms with Crippen LogP contribution < -0.4 is 5.32 Å². The number of hydrogen-bond donors (Lipinski definition) is 1. The van der Waals surface area contributed by atoms with E-state index in [1.165, 1.54) is 0 Å². The van der Waals surface area contributed by atoms with Crippen molar-refractivity contribution in [3.8, 4) is 0 Å². The Morgan fingerprint density at radius 3 is 2.59 bits per heavy atom. The molecule has 1 N–H and O–H groups in total. The van der Waals surface area contributed by atoms with Crippen molar-refractivity contribution in [2.24, 2.45) is 0 Å². The SMILES string of the molecule is Cc1cccc2nc(C(=O)O[C@H](C)C(=O)NC(C)(C)C)cn12. The zero-order valence-electron chi connectivity index (χ0n) is 13.5. The summed E-state index contributed by atoms with van der Waals surface area (Å²) in [6, 6.07) is 5.59. The topological polar surface area (TPSA) is 72.7 Å². The highest BCUT2D eigenvalue weighted by atomic mass is 16.5. The average Bonchev–Trinajstić information content (AvgIpc) is 2.82. The van der Waals surface area contributed by atoms with Gasteiger partial charge in [0, 0.05) is 17.4 Å². The highest BCUT2D eigenvalue weighted by molar-refractivity contribution is 5.91. The minimum absolute atomic E-state index is 0.185. The predicted octanol–water partition coefficient (Wildman–Crippen LogP) is 2.10. The Hall–Kier alpha value is -2.37. The second-order valence-corrected chi connectivity index (χ2v) is 6.31. The molecule has 118 valence electrons. The number of nitrogens with one attached hydrogen (secondary N) is 1. The number of amides is 1. The molecule has 2 aromatic heterocycles. The summed E-state index contributed by atoms with van der Waals surface area (Å²) in [6.07, 6.45) is 0.735. The second kappa shape index (κ2) is 5.79. The zero-order chi connectivity index (χ0) is 16.5. The Kier molecular flexibility index (Phi) is 4.21. The lowest BCUT2D eigenvalue weighted by molar-refractivity contribution is -0.130. The summed E-state index contributed by atoms with van der Waals surface area (Å²) in [6.45, 7) is 9.06. The molecule has 6 nitrogen and oxygen atoms in total. The van der Waals surface area contributed by atoms with Gasteiger partial charge in [0.2, 0.25) is 0 Å². The summed E-state index contributed by atoms with van der Waals surface area (Å²) in [5.41, 5.74) is 1.43. The number of aryl methyl sites for hydroxylation is 1. The van der Waals surface area contributed by atoms with Gasteiger partial charge < -0.3 is 14.5 Å². The molecule has 0 spiro atoms. The third-order valence-electron chi connectivity index (χ3n) is 3.06. The van der Waals surface area contributed by atoms with Gasteiger partial charge in [-0.2, -0.15) is 0 Å². The molecule has 2 aromatic rings. The number of fused-ring (bicyclic) bond motifs is 1. The van der Waals surface area contributed by atoms with Crippen molar-refractivity contribution in [2.75, 3.05) is 0 Å². The molecule has 0 fully saturated rings. The average molecular weight is 303 g/mol. The molecule has 0 aliphatic rings. The normalized spacial score (nSPS) is 13.0. The van der Waals surface area contributed by atoms with Crippen LogP contribution in [0.25, 0.3) is 5.65 Å². The number of esters is 1. The molecule has 0 saturated carbocycles. The van der Waals surface area contributed by atoms with Crippen molar-refractivity contribution in [2.45, 2.75) is 46.3 Å². The Balaban J connectivity index is 2.10. The molecule has 0 aliphatic carbocycles. The van der Waals surface area contributed by atoms with Crippen LogP contribution >= 0.6 is 0 Å². The lowest BCUT2D eigenvalue weighted by atomic mass is 10.1. The smallest absolute Gasteiger partial charge is 0.359 e. The van der Waals surface area contributed by atoms with Crippen LogP contribution in [0.2, 0.25) is 0 Å². The lowest BCUT2D eigenvalue weighted by Gasteiger charge is -2.22. The van der Waals surface area contributed by atoms with E-state index < -0.39 is 12.1 Å². The number of rotatable bonds is 3. The van der Waals surface area contributed by atoms with Crippen LogP contribution in [-0.2, 0) is 9.53 Å². The summed E-state index contributed by atoms with van der Waals surface area (Å²) < 4.78 is 6.99. The van der Waals surface area contributed by atoms with Crippen LogP contribution in [0, 0.1) is 6.92 Å². The monoisotopic (exact) mass is 303 g/mol. The summed E-state index contributed by atoms with van der Waals surface area (Å²) >= 11 is 0. The molecule has 1 amide bonds. The first-order valence-electron chi connectivity index (χ1n) is 7.15. The summed E-state index contributed by atoms with van der Waals surface area (Å²) in [5, 5.41) is 2.77. The molecule has 0 aromatic carbocycles. The highest BCUT2D eigenvalue weighted by Crippen LogP contribution is 2.10. The fourth-order valence-corrected chi connectivity index (χ4v) is 1.99. The molecule has 1 atom stereocenters. The van der Waals surface area contributed by atoms with Gasteiger partial charge in [-0.05, 0) is 46.8 Å². The van der Waals surface area contributed by atoms with Crippen LogP contribution in [0.1, 0.15) is 43.9 Å². The van der Waals surface area contributed by atoms with Gasteiger partial charge in [-0.15, -0.1) is 0 Å². The van der Waals surface area contributed by atoms with Crippen molar-refractivity contribution < 1.29 is 14.3 Å². The Morgan fingerprint density at radius 1 is 1.32 bits per heavy atom. The van der Waals surface area contributed by atoms with Gasteiger partial charge in [0.25, 0.3) is 5.91 Å². The molecule has 2 rings (SSSR count). The number of imidazole rings is 1. The van der Waals surface area contributed by atoms with Crippen LogP contribution in [0.3, 0.4) is 0 Å². The number of ether oxygens (including phenoxy) is 1. The summed E-state index contributed by atoms with van der Waals surface area (Å²) in [7, 11) is 0. The quantitative estimate of drug-likeness (QED) is 0.881. The first-order valence-corrected chi connectivity index (χ1v) is 7.15. The highest BCUT2D eigenvalue weighted by Gasteiger charge is 2.24. The van der Waals surface area contributed by atoms with E-state index in [-0.39, 0.29) is 17.1 Å². The van der Waals surface area contributed by atoms with E-state index in [9.17, 15) is 9.59 Å². The summed E-state index contributed by atoms with van der Waals surface area (Å²) in [4.78, 5) is 28.3. The molecular formula is C16H21N3O3. The minimum Gasteiger partial charge on any atom is -0.448 e. The fraction of sp³-hybridized carbons (Fsp3) is 0.438. The van der Waals surface area contributed by atoms with Gasteiger partial charge in [0.1, 0.15) is 5.65 Å². The molecule has 0 aliphatic heterocycles. The standard InChI is InChI=1S/C16H21N3O3/c1-10-7-6-8-13-17-12(9-19(10)13)15(21)22-11(2)14(20)18-16(3,4)5/h6-9,11H,1-5H3,(H,18,20)/t11-/m1/s1. The van der Waals surface area contributed by atoms with Gasteiger partial charge in [-0.1, -0.05) is 6.07 Å². The van der Waals surface area contributed by atoms with E-state index in [1.807, 2.05) is 39.8 Å². The Morgan fingerprint density at radius 2 is 2.00 bits per heavy atom. The third-order valence-corrected chi connectivity index (χ3v) is 3.06. The van der Waals surface area contributed by atoms with Crippen LogP contribution in [0.4, 0.5) is 0 Å². The van der Waals surface area contributed by atoms with Crippen molar-refractivity contribution in [3.05, 3.63) is 35.8 Å². The van der Waals surface area contributed by atoms with Crippen molar-refractivity contribution in [3.63, 3.8) is 0 Å². The van der Waals surface area contributed by atoms with Crippen molar-refractivity contribution in [1.29, 1.82) is 0 Å². The van der Waals surface area contributed by atoms with Gasteiger partial charge in [0.15, 0.2) is 11.8 Å². The summed E-state index contributed by atoms with van der Waals surface area (Å²) in [5.74, 6) is -0.944. The van der Waals surface area contributed by atoms with E-state index >= 15 is 0 Å². The fourth-order valence-electron chi connectivity index (χ4n) is 1.99. The maximum atomic E-state index is 12.1. The van der Waals surface area contributed by atoms with E-state index in [1.54, 1.807) is 23.6 Å². The first-order chi connectivity index (χ1) is 10.2. The van der Waals surface area contributed by atoms with Crippen molar-refractivity contribution >= 4 is 17.5 Å². The molecule has 22 heavy (non-hydrogen) atoms. The molecule has 6 heteroatoms. The van der Waals surface area contributed by atoms with Gasteiger partial charge in [0.05, 0.1) is 0 Å².